The monoisotopic (exact) mass is 391 g/mol. The summed E-state index contributed by atoms with van der Waals surface area (Å²) in [7, 11) is 1.54. The summed E-state index contributed by atoms with van der Waals surface area (Å²) in [5.41, 5.74) is 3.10. The smallest absolute Gasteiger partial charge is 0.338 e. The number of benzene rings is 2. The van der Waals surface area contributed by atoms with Crippen molar-refractivity contribution in [2.45, 2.75) is 13.8 Å². The van der Waals surface area contributed by atoms with E-state index in [4.69, 9.17) is 9.47 Å². The van der Waals surface area contributed by atoms with Crippen LogP contribution in [0.4, 0.5) is 5.69 Å². The van der Waals surface area contributed by atoms with Crippen LogP contribution in [-0.4, -0.2) is 25.6 Å². The summed E-state index contributed by atoms with van der Waals surface area (Å²) < 4.78 is 10.8. The second kappa shape index (κ2) is 7.97. The first-order chi connectivity index (χ1) is 11.4. The fourth-order valence-electron chi connectivity index (χ4n) is 2.15. The summed E-state index contributed by atoms with van der Waals surface area (Å²) in [6.45, 7) is 3.53. The summed E-state index contributed by atoms with van der Waals surface area (Å²) >= 11 is 3.30. The van der Waals surface area contributed by atoms with E-state index in [1.165, 1.54) is 7.11 Å². The number of ether oxygens (including phenoxy) is 2. The van der Waals surface area contributed by atoms with Crippen LogP contribution in [0.15, 0.2) is 40.9 Å². The lowest BCUT2D eigenvalue weighted by Crippen LogP contribution is -2.21. The number of rotatable bonds is 5. The number of hydrogen-bond donors (Lipinski definition) is 1. The lowest BCUT2D eigenvalue weighted by atomic mass is 10.1. The second-order valence-electron chi connectivity index (χ2n) is 5.29. The predicted molar refractivity (Wildman–Crippen MR) is 95.5 cm³/mol. The quantitative estimate of drug-likeness (QED) is 0.785. The van der Waals surface area contributed by atoms with Crippen molar-refractivity contribution < 1.29 is 19.1 Å². The molecule has 0 radical (unpaired) electrons. The van der Waals surface area contributed by atoms with Crippen molar-refractivity contribution in [1.82, 2.24) is 0 Å². The van der Waals surface area contributed by atoms with E-state index in [1.807, 2.05) is 32.0 Å². The van der Waals surface area contributed by atoms with Gasteiger partial charge in [0, 0.05) is 5.69 Å². The predicted octanol–water partition coefficient (Wildman–Crippen LogP) is 3.87. The Hall–Kier alpha value is -2.34. The molecule has 0 unspecified atom stereocenters. The maximum atomic E-state index is 12.0. The van der Waals surface area contributed by atoms with Gasteiger partial charge in [-0.1, -0.05) is 17.7 Å². The molecule has 0 atom stereocenters. The Kier molecular flexibility index (Phi) is 5.98. The highest BCUT2D eigenvalue weighted by Crippen LogP contribution is 2.25. The lowest BCUT2D eigenvalue weighted by molar-refractivity contribution is -0.119. The van der Waals surface area contributed by atoms with Gasteiger partial charge in [-0.3, -0.25) is 4.79 Å². The highest BCUT2D eigenvalue weighted by atomic mass is 79.9. The van der Waals surface area contributed by atoms with E-state index in [2.05, 4.69) is 21.2 Å². The lowest BCUT2D eigenvalue weighted by Gasteiger charge is -2.10. The van der Waals surface area contributed by atoms with Crippen molar-refractivity contribution in [2.24, 2.45) is 0 Å². The number of carbonyl (C=O) groups excluding carboxylic acids is 2. The van der Waals surface area contributed by atoms with Crippen LogP contribution in [0.3, 0.4) is 0 Å². The summed E-state index contributed by atoms with van der Waals surface area (Å²) in [6, 6.07) is 10.5. The van der Waals surface area contributed by atoms with Gasteiger partial charge in [-0.25, -0.2) is 4.79 Å². The highest BCUT2D eigenvalue weighted by molar-refractivity contribution is 9.10. The molecule has 2 rings (SSSR count). The molecule has 0 saturated heterocycles. The number of aryl methyl sites for hydroxylation is 2. The van der Waals surface area contributed by atoms with E-state index >= 15 is 0 Å². The van der Waals surface area contributed by atoms with Gasteiger partial charge in [0.1, 0.15) is 5.75 Å². The minimum Gasteiger partial charge on any atom is -0.496 e. The largest absolute Gasteiger partial charge is 0.496 e. The summed E-state index contributed by atoms with van der Waals surface area (Å²) in [5.74, 6) is -0.351. The molecular formula is C18H18BrNO4. The fourth-order valence-corrected chi connectivity index (χ4v) is 2.69. The number of hydrogen-bond acceptors (Lipinski definition) is 4. The van der Waals surface area contributed by atoms with E-state index < -0.39 is 5.97 Å². The van der Waals surface area contributed by atoms with Gasteiger partial charge in [0.25, 0.3) is 5.91 Å². The first-order valence-electron chi connectivity index (χ1n) is 7.28. The second-order valence-corrected chi connectivity index (χ2v) is 6.15. The van der Waals surface area contributed by atoms with Crippen LogP contribution in [0, 0.1) is 13.8 Å². The van der Waals surface area contributed by atoms with E-state index in [9.17, 15) is 9.59 Å². The van der Waals surface area contributed by atoms with Gasteiger partial charge in [0.05, 0.1) is 17.1 Å². The number of methoxy groups -OCH3 is 1. The minimum atomic E-state index is -0.575. The molecule has 0 aliphatic rings. The SMILES string of the molecule is COc1ccc(C(=O)OCC(=O)Nc2ccc(C)cc2C)cc1Br. The van der Waals surface area contributed by atoms with Crippen LogP contribution >= 0.6 is 15.9 Å². The molecular weight excluding hydrogens is 374 g/mol. The molecule has 24 heavy (non-hydrogen) atoms. The summed E-state index contributed by atoms with van der Waals surface area (Å²) in [4.78, 5) is 23.9. The zero-order valence-electron chi connectivity index (χ0n) is 13.7. The maximum Gasteiger partial charge on any atom is 0.338 e. The molecule has 2 aromatic rings. The van der Waals surface area contributed by atoms with Gasteiger partial charge < -0.3 is 14.8 Å². The molecule has 1 N–H and O–H groups in total. The van der Waals surface area contributed by atoms with Crippen LogP contribution in [-0.2, 0) is 9.53 Å². The van der Waals surface area contributed by atoms with Gasteiger partial charge in [0.15, 0.2) is 6.61 Å². The van der Waals surface area contributed by atoms with Crippen LogP contribution < -0.4 is 10.1 Å². The third-order valence-corrected chi connectivity index (χ3v) is 4.00. The van der Waals surface area contributed by atoms with Crippen molar-refractivity contribution in [3.05, 3.63) is 57.6 Å². The molecule has 0 fully saturated rings. The Morgan fingerprint density at radius 2 is 1.88 bits per heavy atom. The molecule has 5 nitrogen and oxygen atoms in total. The maximum absolute atomic E-state index is 12.0. The van der Waals surface area contributed by atoms with Crippen LogP contribution in [0.5, 0.6) is 5.75 Å². The molecule has 0 heterocycles. The number of nitrogens with one attached hydrogen (secondary N) is 1. The Bertz CT molecular complexity index is 774. The van der Waals surface area contributed by atoms with Gasteiger partial charge in [-0.2, -0.15) is 0 Å². The molecule has 0 aliphatic carbocycles. The topological polar surface area (TPSA) is 64.6 Å². The van der Waals surface area contributed by atoms with Crippen molar-refractivity contribution >= 4 is 33.5 Å². The Labute approximate surface area is 149 Å². The van der Waals surface area contributed by atoms with Crippen molar-refractivity contribution in [3.63, 3.8) is 0 Å². The summed E-state index contributed by atoms with van der Waals surface area (Å²) in [6.07, 6.45) is 0. The third kappa shape index (κ3) is 4.58. The molecule has 0 aromatic heterocycles. The highest BCUT2D eigenvalue weighted by Gasteiger charge is 2.13. The first-order valence-corrected chi connectivity index (χ1v) is 8.08. The van der Waals surface area contributed by atoms with Crippen LogP contribution in [0.25, 0.3) is 0 Å². The molecule has 2 aromatic carbocycles. The number of halogens is 1. The Morgan fingerprint density at radius 3 is 2.50 bits per heavy atom. The number of carbonyl (C=O) groups is 2. The minimum absolute atomic E-state index is 0.335. The van der Waals surface area contributed by atoms with Gasteiger partial charge in [0.2, 0.25) is 0 Å². The van der Waals surface area contributed by atoms with Crippen molar-refractivity contribution in [2.75, 3.05) is 19.0 Å². The average molecular weight is 392 g/mol. The molecule has 0 spiro atoms. The van der Waals surface area contributed by atoms with Gasteiger partial charge in [-0.15, -0.1) is 0 Å². The van der Waals surface area contributed by atoms with Crippen molar-refractivity contribution in [3.8, 4) is 5.75 Å². The fraction of sp³-hybridized carbons (Fsp3) is 0.222. The average Bonchev–Trinajstić information content (AvgIpc) is 2.55. The van der Waals surface area contributed by atoms with Gasteiger partial charge >= 0.3 is 5.97 Å². The zero-order chi connectivity index (χ0) is 17.7. The Balaban J connectivity index is 1.93. The van der Waals surface area contributed by atoms with Crippen molar-refractivity contribution in [1.29, 1.82) is 0 Å². The Morgan fingerprint density at radius 1 is 1.12 bits per heavy atom. The van der Waals surface area contributed by atoms with E-state index in [-0.39, 0.29) is 12.5 Å². The molecule has 0 aliphatic heterocycles. The van der Waals surface area contributed by atoms with Crippen LogP contribution in [0.2, 0.25) is 0 Å². The van der Waals surface area contributed by atoms with Gasteiger partial charge in [-0.05, 0) is 59.6 Å². The number of amides is 1. The number of esters is 1. The van der Waals surface area contributed by atoms with E-state index in [0.29, 0.717) is 21.5 Å². The molecule has 0 bridgehead atoms. The van der Waals surface area contributed by atoms with Crippen LogP contribution in [0.1, 0.15) is 21.5 Å². The first kappa shape index (κ1) is 18.0. The standard InChI is InChI=1S/C18H18BrNO4/c1-11-4-6-15(12(2)8-11)20-17(21)10-24-18(22)13-5-7-16(23-3)14(19)9-13/h4-9H,10H2,1-3H3,(H,20,21). The number of anilines is 1. The summed E-state index contributed by atoms with van der Waals surface area (Å²) in [5, 5.41) is 2.73. The molecule has 126 valence electrons. The van der Waals surface area contributed by atoms with E-state index in [0.717, 1.165) is 11.1 Å². The molecule has 6 heteroatoms. The van der Waals surface area contributed by atoms with E-state index in [1.54, 1.807) is 18.2 Å². The zero-order valence-corrected chi connectivity index (χ0v) is 15.3. The molecule has 1 amide bonds. The normalized spacial score (nSPS) is 10.2. The third-order valence-electron chi connectivity index (χ3n) is 3.38. The molecule has 0 saturated carbocycles.